The summed E-state index contributed by atoms with van der Waals surface area (Å²) in [6.45, 7) is 3.41. The number of nitrogens with one attached hydrogen (secondary N) is 1. The summed E-state index contributed by atoms with van der Waals surface area (Å²) in [6.07, 6.45) is 8.57. The van der Waals surface area contributed by atoms with Gasteiger partial charge in [0.05, 0.1) is 6.04 Å². The second kappa shape index (κ2) is 4.77. The molecule has 1 aromatic heterocycles. The lowest BCUT2D eigenvalue weighted by atomic mass is 10.0. The molecule has 4 heteroatoms. The van der Waals surface area contributed by atoms with E-state index in [-0.39, 0.29) is 0 Å². The van der Waals surface area contributed by atoms with E-state index >= 15 is 0 Å². The van der Waals surface area contributed by atoms with Crippen LogP contribution in [-0.2, 0) is 12.8 Å². The number of hydrogen-bond donors (Lipinski definition) is 1. The van der Waals surface area contributed by atoms with Crippen LogP contribution in [0.1, 0.15) is 56.7 Å². The molecule has 1 saturated heterocycles. The third-order valence-electron chi connectivity index (χ3n) is 4.03. The van der Waals surface area contributed by atoms with E-state index in [1.54, 1.807) is 0 Å². The summed E-state index contributed by atoms with van der Waals surface area (Å²) in [5.74, 6) is 2.25. The van der Waals surface area contributed by atoms with Gasteiger partial charge in [-0.2, -0.15) is 5.10 Å². The summed E-state index contributed by atoms with van der Waals surface area (Å²) < 4.78 is 2.15. The largest absolute Gasteiger partial charge is 0.314 e. The van der Waals surface area contributed by atoms with Gasteiger partial charge in [0.1, 0.15) is 5.82 Å². The molecule has 2 atom stereocenters. The summed E-state index contributed by atoms with van der Waals surface area (Å²) in [5, 5.41) is 8.26. The lowest BCUT2D eigenvalue weighted by Gasteiger charge is -2.22. The molecule has 4 nitrogen and oxygen atoms in total. The van der Waals surface area contributed by atoms with Crippen LogP contribution in [0.25, 0.3) is 0 Å². The van der Waals surface area contributed by atoms with Crippen molar-refractivity contribution in [3.05, 3.63) is 11.6 Å². The predicted octanol–water partition coefficient (Wildman–Crippen LogP) is 1.86. The van der Waals surface area contributed by atoms with Gasteiger partial charge in [-0.25, -0.2) is 9.67 Å². The number of fused-ring (bicyclic) bond motifs is 1. The zero-order valence-corrected chi connectivity index (χ0v) is 10.7. The molecule has 2 aliphatic heterocycles. The van der Waals surface area contributed by atoms with Crippen LogP contribution in [0.4, 0.5) is 0 Å². The molecule has 1 aromatic rings. The molecule has 3 heterocycles. The van der Waals surface area contributed by atoms with E-state index in [1.807, 2.05) is 0 Å². The van der Waals surface area contributed by atoms with Gasteiger partial charge in [-0.15, -0.1) is 0 Å². The Hall–Kier alpha value is -0.900. The molecule has 0 amide bonds. The van der Waals surface area contributed by atoms with Gasteiger partial charge < -0.3 is 5.32 Å². The molecule has 0 aromatic carbocycles. The monoisotopic (exact) mass is 234 g/mol. The Morgan fingerprint density at radius 1 is 1.29 bits per heavy atom. The zero-order chi connectivity index (χ0) is 11.7. The van der Waals surface area contributed by atoms with Crippen molar-refractivity contribution >= 4 is 0 Å². The Morgan fingerprint density at radius 2 is 2.24 bits per heavy atom. The molecule has 0 bridgehead atoms. The molecule has 0 radical (unpaired) electrons. The van der Waals surface area contributed by atoms with E-state index in [1.165, 1.54) is 37.9 Å². The van der Waals surface area contributed by atoms with Gasteiger partial charge in [0.2, 0.25) is 0 Å². The van der Waals surface area contributed by atoms with Crippen molar-refractivity contribution in [2.75, 3.05) is 6.54 Å². The third-order valence-corrected chi connectivity index (χ3v) is 4.03. The van der Waals surface area contributed by atoms with Crippen molar-refractivity contribution < 1.29 is 0 Å². The van der Waals surface area contributed by atoms with Crippen molar-refractivity contribution in [1.29, 1.82) is 0 Å². The fraction of sp³-hybridized carbons (Fsp3) is 0.846. The second-order valence-electron chi connectivity index (χ2n) is 5.48. The van der Waals surface area contributed by atoms with Crippen molar-refractivity contribution in [2.24, 2.45) is 0 Å². The van der Waals surface area contributed by atoms with Crippen LogP contribution in [0, 0.1) is 0 Å². The van der Waals surface area contributed by atoms with Crippen LogP contribution >= 0.6 is 0 Å². The molecule has 17 heavy (non-hydrogen) atoms. The van der Waals surface area contributed by atoms with Crippen molar-refractivity contribution in [2.45, 2.75) is 64.0 Å². The SMILES string of the molecule is CC1CCCc2nc(CC3CCCCN3)nn21. The predicted molar refractivity (Wildman–Crippen MR) is 67.0 cm³/mol. The summed E-state index contributed by atoms with van der Waals surface area (Å²) in [6, 6.07) is 1.14. The molecular weight excluding hydrogens is 212 g/mol. The van der Waals surface area contributed by atoms with Crippen LogP contribution in [0.5, 0.6) is 0 Å². The van der Waals surface area contributed by atoms with Gasteiger partial charge in [-0.1, -0.05) is 6.42 Å². The van der Waals surface area contributed by atoms with Gasteiger partial charge >= 0.3 is 0 Å². The summed E-state index contributed by atoms with van der Waals surface area (Å²) in [4.78, 5) is 4.71. The maximum absolute atomic E-state index is 4.71. The Labute approximate surface area is 103 Å². The molecule has 2 aliphatic rings. The highest BCUT2D eigenvalue weighted by atomic mass is 15.4. The molecule has 0 spiro atoms. The molecule has 1 N–H and O–H groups in total. The number of rotatable bonds is 2. The van der Waals surface area contributed by atoms with Gasteiger partial charge in [-0.3, -0.25) is 0 Å². The van der Waals surface area contributed by atoms with Crippen LogP contribution in [-0.4, -0.2) is 27.4 Å². The van der Waals surface area contributed by atoms with Gasteiger partial charge in [-0.05, 0) is 39.2 Å². The van der Waals surface area contributed by atoms with Crippen molar-refractivity contribution in [3.63, 3.8) is 0 Å². The molecule has 94 valence electrons. The van der Waals surface area contributed by atoms with Crippen molar-refractivity contribution in [3.8, 4) is 0 Å². The normalized spacial score (nSPS) is 29.0. The minimum Gasteiger partial charge on any atom is -0.314 e. The average Bonchev–Trinajstić information content (AvgIpc) is 2.74. The first-order chi connectivity index (χ1) is 8.33. The minimum atomic E-state index is 0.541. The molecular formula is C13H22N4. The maximum Gasteiger partial charge on any atom is 0.152 e. The Balaban J connectivity index is 1.71. The summed E-state index contributed by atoms with van der Waals surface area (Å²) >= 11 is 0. The summed E-state index contributed by atoms with van der Waals surface area (Å²) in [5.41, 5.74) is 0. The van der Waals surface area contributed by atoms with Gasteiger partial charge in [0.15, 0.2) is 5.82 Å². The van der Waals surface area contributed by atoms with E-state index in [0.29, 0.717) is 12.1 Å². The summed E-state index contributed by atoms with van der Waals surface area (Å²) in [7, 11) is 0. The number of hydrogen-bond acceptors (Lipinski definition) is 3. The topological polar surface area (TPSA) is 42.7 Å². The Morgan fingerprint density at radius 3 is 3.00 bits per heavy atom. The first kappa shape index (κ1) is 11.2. The van der Waals surface area contributed by atoms with Crippen LogP contribution < -0.4 is 5.32 Å². The highest BCUT2D eigenvalue weighted by Gasteiger charge is 2.21. The van der Waals surface area contributed by atoms with Crippen molar-refractivity contribution in [1.82, 2.24) is 20.1 Å². The molecule has 2 unspecified atom stereocenters. The standard InChI is InChI=1S/C13H22N4/c1-10-5-4-7-13-15-12(16-17(10)13)9-11-6-2-3-8-14-11/h10-11,14H,2-9H2,1H3. The zero-order valence-electron chi connectivity index (χ0n) is 10.7. The fourth-order valence-electron chi connectivity index (χ4n) is 3.01. The van der Waals surface area contributed by atoms with E-state index in [2.05, 4.69) is 16.9 Å². The van der Waals surface area contributed by atoms with Crippen LogP contribution in [0.2, 0.25) is 0 Å². The average molecular weight is 234 g/mol. The number of piperidine rings is 1. The van der Waals surface area contributed by atoms with Crippen LogP contribution in [0.3, 0.4) is 0 Å². The third kappa shape index (κ3) is 2.37. The lowest BCUT2D eigenvalue weighted by Crippen LogP contribution is -2.35. The molecule has 3 rings (SSSR count). The second-order valence-corrected chi connectivity index (χ2v) is 5.48. The Bertz CT molecular complexity index is 379. The Kier molecular flexibility index (Phi) is 3.14. The van der Waals surface area contributed by atoms with E-state index in [0.717, 1.165) is 25.2 Å². The molecule has 0 aliphatic carbocycles. The first-order valence-electron chi connectivity index (χ1n) is 7.00. The lowest BCUT2D eigenvalue weighted by molar-refractivity contribution is 0.379. The highest BCUT2D eigenvalue weighted by Crippen LogP contribution is 2.22. The number of aryl methyl sites for hydroxylation is 1. The molecule has 0 saturated carbocycles. The quantitative estimate of drug-likeness (QED) is 0.849. The highest BCUT2D eigenvalue weighted by molar-refractivity contribution is 5.00. The number of nitrogens with zero attached hydrogens (tertiary/aromatic N) is 3. The fourth-order valence-corrected chi connectivity index (χ4v) is 3.01. The van der Waals surface area contributed by atoms with E-state index in [4.69, 9.17) is 10.1 Å². The molecule has 1 fully saturated rings. The van der Waals surface area contributed by atoms with Crippen LogP contribution in [0.15, 0.2) is 0 Å². The maximum atomic E-state index is 4.71. The van der Waals surface area contributed by atoms with Gasteiger partial charge in [0, 0.05) is 18.9 Å². The van der Waals surface area contributed by atoms with E-state index in [9.17, 15) is 0 Å². The van der Waals surface area contributed by atoms with Gasteiger partial charge in [0.25, 0.3) is 0 Å². The minimum absolute atomic E-state index is 0.541. The smallest absolute Gasteiger partial charge is 0.152 e. The first-order valence-corrected chi connectivity index (χ1v) is 7.00. The number of aromatic nitrogens is 3. The van der Waals surface area contributed by atoms with E-state index < -0.39 is 0 Å².